The Morgan fingerprint density at radius 2 is 1.62 bits per heavy atom. The number of nitrogens with one attached hydrogen (secondary N) is 1. The number of hydrogen-bond donors (Lipinski definition) is 1. The van der Waals surface area contributed by atoms with Crippen LogP contribution < -0.4 is 5.32 Å². The average molecular weight is 413 g/mol. The summed E-state index contributed by atoms with van der Waals surface area (Å²) in [7, 11) is -3.45. The largest absolute Gasteiger partial charge is 0.322 e. The number of amides is 1. The Kier molecular flexibility index (Phi) is 6.87. The Labute approximate surface area is 173 Å². The first-order chi connectivity index (χ1) is 13.9. The minimum Gasteiger partial charge on any atom is -0.322 e. The third-order valence-electron chi connectivity index (χ3n) is 5.37. The van der Waals surface area contributed by atoms with Crippen LogP contribution >= 0.6 is 0 Å². The van der Waals surface area contributed by atoms with Gasteiger partial charge in [0.05, 0.1) is 4.90 Å². The van der Waals surface area contributed by atoms with Gasteiger partial charge in [-0.15, -0.1) is 0 Å². The molecule has 29 heavy (non-hydrogen) atoms. The van der Waals surface area contributed by atoms with E-state index in [1.54, 1.807) is 34.6 Å². The highest BCUT2D eigenvalue weighted by atomic mass is 32.2. The smallest absolute Gasteiger partial charge is 0.248 e. The molecule has 1 N–H and O–H groups in total. The second-order valence-electron chi connectivity index (χ2n) is 7.46. The lowest BCUT2D eigenvalue weighted by Crippen LogP contribution is -2.31. The Morgan fingerprint density at radius 1 is 0.966 bits per heavy atom. The summed E-state index contributed by atoms with van der Waals surface area (Å²) in [5.74, 6) is -0.222. The number of benzene rings is 2. The van der Waals surface area contributed by atoms with Gasteiger partial charge < -0.3 is 5.32 Å². The van der Waals surface area contributed by atoms with Crippen LogP contribution in [-0.4, -0.2) is 31.7 Å². The van der Waals surface area contributed by atoms with Crippen LogP contribution in [0.1, 0.15) is 42.4 Å². The summed E-state index contributed by atoms with van der Waals surface area (Å²) in [6.45, 7) is 5.14. The predicted octanol–water partition coefficient (Wildman–Crippen LogP) is 4.52. The highest BCUT2D eigenvalue weighted by Gasteiger charge is 2.24. The van der Waals surface area contributed by atoms with Crippen LogP contribution in [0.5, 0.6) is 0 Å². The second kappa shape index (κ2) is 9.37. The zero-order valence-corrected chi connectivity index (χ0v) is 17.8. The van der Waals surface area contributed by atoms with Crippen LogP contribution in [0.2, 0.25) is 0 Å². The van der Waals surface area contributed by atoms with E-state index in [-0.39, 0.29) is 5.91 Å². The molecule has 0 bridgehead atoms. The Hall–Kier alpha value is -2.44. The molecule has 1 amide bonds. The van der Waals surface area contributed by atoms with Gasteiger partial charge >= 0.3 is 0 Å². The first-order valence-electron chi connectivity index (χ1n) is 10.0. The van der Waals surface area contributed by atoms with Gasteiger partial charge in [-0.2, -0.15) is 4.31 Å². The van der Waals surface area contributed by atoms with Crippen molar-refractivity contribution in [3.63, 3.8) is 0 Å². The number of aryl methyl sites for hydroxylation is 1. The molecular formula is C23H28N2O3S. The molecular weight excluding hydrogens is 384 g/mol. The molecule has 0 unspecified atom stereocenters. The van der Waals surface area contributed by atoms with E-state index in [0.29, 0.717) is 18.0 Å². The number of carbonyl (C=O) groups excluding carboxylic acids is 1. The van der Waals surface area contributed by atoms with Crippen molar-refractivity contribution in [2.45, 2.75) is 44.4 Å². The molecule has 5 nitrogen and oxygen atoms in total. The van der Waals surface area contributed by atoms with Crippen LogP contribution in [0.3, 0.4) is 0 Å². The van der Waals surface area contributed by atoms with Gasteiger partial charge in [-0.1, -0.05) is 37.1 Å². The standard InChI is InChI=1S/C23H28N2O3S/c1-18-8-7-9-22(19(18)2)24-23(26)15-12-20-10-13-21(14-11-20)29(27,28)25-16-5-3-4-6-17-25/h7-15H,3-6,16-17H2,1-2H3,(H,24,26)/b15-12+. The molecule has 0 atom stereocenters. The quantitative estimate of drug-likeness (QED) is 0.734. The minimum absolute atomic E-state index is 0.222. The number of anilines is 1. The molecule has 0 radical (unpaired) electrons. The van der Waals surface area contributed by atoms with Gasteiger partial charge in [0.1, 0.15) is 0 Å². The minimum atomic E-state index is -3.45. The highest BCUT2D eigenvalue weighted by molar-refractivity contribution is 7.89. The van der Waals surface area contributed by atoms with Crippen molar-refractivity contribution in [3.8, 4) is 0 Å². The summed E-state index contributed by atoms with van der Waals surface area (Å²) in [6, 6.07) is 12.5. The summed E-state index contributed by atoms with van der Waals surface area (Å²) in [6.07, 6.45) is 7.13. The highest BCUT2D eigenvalue weighted by Crippen LogP contribution is 2.21. The Morgan fingerprint density at radius 3 is 2.28 bits per heavy atom. The maximum atomic E-state index is 12.8. The van der Waals surface area contributed by atoms with Gasteiger partial charge in [-0.05, 0) is 67.7 Å². The molecule has 0 spiro atoms. The van der Waals surface area contributed by atoms with E-state index >= 15 is 0 Å². The van der Waals surface area contributed by atoms with Gasteiger partial charge in [0.25, 0.3) is 0 Å². The van der Waals surface area contributed by atoms with Crippen molar-refractivity contribution < 1.29 is 13.2 Å². The van der Waals surface area contributed by atoms with Gasteiger partial charge in [-0.3, -0.25) is 4.79 Å². The third-order valence-corrected chi connectivity index (χ3v) is 7.29. The van der Waals surface area contributed by atoms with Crippen molar-refractivity contribution in [2.24, 2.45) is 0 Å². The van der Waals surface area contributed by atoms with Crippen molar-refractivity contribution in [3.05, 3.63) is 65.2 Å². The summed E-state index contributed by atoms with van der Waals surface area (Å²) < 4.78 is 27.2. The van der Waals surface area contributed by atoms with E-state index in [9.17, 15) is 13.2 Å². The SMILES string of the molecule is Cc1cccc(NC(=O)/C=C/c2ccc(S(=O)(=O)N3CCCCCC3)cc2)c1C. The number of carbonyl (C=O) groups is 1. The first-order valence-corrected chi connectivity index (χ1v) is 11.5. The summed E-state index contributed by atoms with van der Waals surface area (Å²) in [5, 5.41) is 2.88. The van der Waals surface area contributed by atoms with Crippen molar-refractivity contribution in [2.75, 3.05) is 18.4 Å². The van der Waals surface area contributed by atoms with E-state index in [2.05, 4.69) is 5.32 Å². The zero-order chi connectivity index (χ0) is 20.9. The van der Waals surface area contributed by atoms with Crippen molar-refractivity contribution >= 4 is 27.7 Å². The van der Waals surface area contributed by atoms with E-state index in [4.69, 9.17) is 0 Å². The van der Waals surface area contributed by atoms with Crippen LogP contribution in [0.25, 0.3) is 6.08 Å². The van der Waals surface area contributed by atoms with Crippen LogP contribution in [-0.2, 0) is 14.8 Å². The van der Waals surface area contributed by atoms with Gasteiger partial charge in [0, 0.05) is 24.9 Å². The molecule has 2 aromatic carbocycles. The molecule has 1 fully saturated rings. The van der Waals surface area contributed by atoms with Crippen LogP contribution in [0.4, 0.5) is 5.69 Å². The lowest BCUT2D eigenvalue weighted by molar-refractivity contribution is -0.111. The summed E-state index contributed by atoms with van der Waals surface area (Å²) in [5.41, 5.74) is 3.72. The fourth-order valence-electron chi connectivity index (χ4n) is 3.41. The Bertz CT molecular complexity index is 987. The molecule has 6 heteroatoms. The molecule has 154 valence electrons. The topological polar surface area (TPSA) is 66.5 Å². The maximum absolute atomic E-state index is 12.8. The molecule has 0 saturated carbocycles. The van der Waals surface area contributed by atoms with Gasteiger partial charge in [0.2, 0.25) is 15.9 Å². The first kappa shape index (κ1) is 21.3. The lowest BCUT2D eigenvalue weighted by atomic mass is 10.1. The number of sulfonamides is 1. The monoisotopic (exact) mass is 412 g/mol. The van der Waals surface area contributed by atoms with Gasteiger partial charge in [0.15, 0.2) is 0 Å². The number of rotatable bonds is 5. The van der Waals surface area contributed by atoms with Crippen LogP contribution in [0.15, 0.2) is 53.4 Å². The van der Waals surface area contributed by atoms with E-state index in [1.165, 1.54) is 6.08 Å². The van der Waals surface area contributed by atoms with E-state index in [1.807, 2.05) is 32.0 Å². The second-order valence-corrected chi connectivity index (χ2v) is 9.40. The molecule has 1 heterocycles. The fourth-order valence-corrected chi connectivity index (χ4v) is 4.93. The molecule has 1 aliphatic heterocycles. The molecule has 0 aromatic heterocycles. The third kappa shape index (κ3) is 5.34. The molecule has 0 aliphatic carbocycles. The van der Waals surface area contributed by atoms with Crippen molar-refractivity contribution in [1.29, 1.82) is 0 Å². The Balaban J connectivity index is 1.66. The summed E-state index contributed by atoms with van der Waals surface area (Å²) in [4.78, 5) is 12.5. The van der Waals surface area contributed by atoms with Crippen molar-refractivity contribution in [1.82, 2.24) is 4.31 Å². The maximum Gasteiger partial charge on any atom is 0.248 e. The van der Waals surface area contributed by atoms with E-state index in [0.717, 1.165) is 48.1 Å². The van der Waals surface area contributed by atoms with Crippen LogP contribution in [0, 0.1) is 13.8 Å². The summed E-state index contributed by atoms with van der Waals surface area (Å²) >= 11 is 0. The molecule has 1 aliphatic rings. The van der Waals surface area contributed by atoms with Gasteiger partial charge in [-0.25, -0.2) is 8.42 Å². The predicted molar refractivity (Wildman–Crippen MR) is 117 cm³/mol. The average Bonchev–Trinajstić information content (AvgIpc) is 3.00. The lowest BCUT2D eigenvalue weighted by Gasteiger charge is -2.19. The normalized spacial score (nSPS) is 15.9. The molecule has 1 saturated heterocycles. The number of nitrogens with zero attached hydrogens (tertiary/aromatic N) is 1. The van der Waals surface area contributed by atoms with E-state index < -0.39 is 10.0 Å². The molecule has 2 aromatic rings. The molecule has 3 rings (SSSR count). The zero-order valence-electron chi connectivity index (χ0n) is 17.0. The number of hydrogen-bond acceptors (Lipinski definition) is 3. The fraction of sp³-hybridized carbons (Fsp3) is 0.348.